The van der Waals surface area contributed by atoms with Crippen LogP contribution in [0.25, 0.3) is 0 Å². The number of hydrogen-bond acceptors (Lipinski definition) is 6. The first-order valence-corrected chi connectivity index (χ1v) is 8.57. The zero-order chi connectivity index (χ0) is 15.6. The molecule has 0 aromatic carbocycles. The molecule has 3 atom stereocenters. The highest BCUT2D eigenvalue weighted by Crippen LogP contribution is 2.50. The second kappa shape index (κ2) is 6.38. The van der Waals surface area contributed by atoms with Gasteiger partial charge in [0, 0.05) is 17.2 Å². The average molecular weight is 321 g/mol. The minimum absolute atomic E-state index is 0.123. The first-order valence-electron chi connectivity index (χ1n) is 6.09. The molecule has 0 saturated carbocycles. The SMILES string of the molecule is C/C(=C\CO)CC[C@]1(CC(N)=O)S(=O)SC(=O)[C@]1(C)O. The summed E-state index contributed by atoms with van der Waals surface area (Å²) in [7, 11) is -1.19. The van der Waals surface area contributed by atoms with Crippen molar-refractivity contribution in [3.05, 3.63) is 11.6 Å². The van der Waals surface area contributed by atoms with Crippen LogP contribution in [-0.2, 0) is 19.4 Å². The lowest BCUT2D eigenvalue weighted by Crippen LogP contribution is -2.55. The summed E-state index contributed by atoms with van der Waals surface area (Å²) in [5, 5.41) is 18.6. The largest absolute Gasteiger partial charge is 0.392 e. The van der Waals surface area contributed by atoms with Gasteiger partial charge in [-0.1, -0.05) is 11.6 Å². The summed E-state index contributed by atoms with van der Waals surface area (Å²) in [6.45, 7) is 2.93. The van der Waals surface area contributed by atoms with E-state index in [-0.39, 0.29) is 19.4 Å². The van der Waals surface area contributed by atoms with Gasteiger partial charge in [0.05, 0.1) is 16.4 Å². The quantitative estimate of drug-likeness (QED) is 0.468. The molecule has 0 aromatic rings. The van der Waals surface area contributed by atoms with Crippen molar-refractivity contribution in [2.45, 2.75) is 43.5 Å². The molecule has 1 unspecified atom stereocenters. The lowest BCUT2D eigenvalue weighted by molar-refractivity contribution is -0.131. The molecule has 1 fully saturated rings. The van der Waals surface area contributed by atoms with E-state index in [0.717, 1.165) is 5.57 Å². The fourth-order valence-electron chi connectivity index (χ4n) is 2.16. The van der Waals surface area contributed by atoms with Crippen LogP contribution >= 0.6 is 10.8 Å². The lowest BCUT2D eigenvalue weighted by Gasteiger charge is -2.35. The standard InChI is InChI=1S/C12H19NO5S2/c1-8(4-6-14)3-5-12(7-9(13)15)11(2,17)10(16)19-20(12)18/h4,14,17H,3,5-7H2,1-2H3,(H2,13,15)/b8-4+/t11-,12+,20?/m0/s1. The van der Waals surface area contributed by atoms with Crippen LogP contribution in [-0.4, -0.2) is 42.4 Å². The highest BCUT2D eigenvalue weighted by atomic mass is 33.1. The van der Waals surface area contributed by atoms with E-state index in [1.54, 1.807) is 13.0 Å². The maximum atomic E-state index is 12.2. The summed E-state index contributed by atoms with van der Waals surface area (Å²) in [5.41, 5.74) is 4.15. The maximum Gasteiger partial charge on any atom is 0.234 e. The summed E-state index contributed by atoms with van der Waals surface area (Å²) in [5.74, 6) is -0.710. The van der Waals surface area contributed by atoms with Gasteiger partial charge in [0.1, 0.15) is 10.3 Å². The summed E-state index contributed by atoms with van der Waals surface area (Å²) < 4.78 is 10.9. The third-order valence-corrected chi connectivity index (χ3v) is 7.53. The van der Waals surface area contributed by atoms with Crippen LogP contribution in [0, 0.1) is 0 Å². The topological polar surface area (TPSA) is 118 Å². The third-order valence-electron chi connectivity index (χ3n) is 3.58. The van der Waals surface area contributed by atoms with Gasteiger partial charge in [0.25, 0.3) is 0 Å². The number of carbonyl (C=O) groups is 2. The molecule has 1 rings (SSSR count). The summed E-state index contributed by atoms with van der Waals surface area (Å²) in [4.78, 5) is 23.1. The van der Waals surface area contributed by atoms with Crippen molar-refractivity contribution in [1.82, 2.24) is 0 Å². The zero-order valence-corrected chi connectivity index (χ0v) is 13.1. The maximum absolute atomic E-state index is 12.2. The van der Waals surface area contributed by atoms with Gasteiger partial charge >= 0.3 is 0 Å². The molecule has 4 N–H and O–H groups in total. The second-order valence-corrected chi connectivity index (χ2v) is 8.24. The lowest BCUT2D eigenvalue weighted by atomic mass is 9.81. The number of aliphatic hydroxyl groups excluding tert-OH is 1. The molecule has 0 radical (unpaired) electrons. The Balaban J connectivity index is 3.10. The Kier molecular flexibility index (Phi) is 5.54. The van der Waals surface area contributed by atoms with Gasteiger partial charge in [0.2, 0.25) is 11.0 Å². The van der Waals surface area contributed by atoms with Crippen molar-refractivity contribution in [3.63, 3.8) is 0 Å². The van der Waals surface area contributed by atoms with Crippen molar-refractivity contribution in [1.29, 1.82) is 0 Å². The molecule has 8 heteroatoms. The van der Waals surface area contributed by atoms with Gasteiger partial charge in [0.15, 0.2) is 0 Å². The number of primary amides is 1. The Bertz CT molecular complexity index is 474. The van der Waals surface area contributed by atoms with Crippen LogP contribution in [0.5, 0.6) is 0 Å². The minimum atomic E-state index is -1.86. The van der Waals surface area contributed by atoms with Gasteiger partial charge in [-0.05, 0) is 26.7 Å². The van der Waals surface area contributed by atoms with Gasteiger partial charge < -0.3 is 15.9 Å². The predicted molar refractivity (Wildman–Crippen MR) is 78.0 cm³/mol. The van der Waals surface area contributed by atoms with Crippen molar-refractivity contribution >= 4 is 31.6 Å². The zero-order valence-electron chi connectivity index (χ0n) is 11.4. The predicted octanol–water partition coefficient (Wildman–Crippen LogP) is 0.00750. The molecule has 0 aromatic heterocycles. The van der Waals surface area contributed by atoms with Crippen LogP contribution in [0.3, 0.4) is 0 Å². The number of allylic oxidation sites excluding steroid dienone is 1. The van der Waals surface area contributed by atoms with Gasteiger partial charge in [-0.2, -0.15) is 0 Å². The minimum Gasteiger partial charge on any atom is -0.392 e. The Hall–Kier alpha value is -0.700. The number of aliphatic hydroxyl groups is 2. The molecule has 20 heavy (non-hydrogen) atoms. The van der Waals surface area contributed by atoms with E-state index in [9.17, 15) is 18.9 Å². The van der Waals surface area contributed by atoms with E-state index >= 15 is 0 Å². The summed E-state index contributed by atoms with van der Waals surface area (Å²) >= 11 is 0. The molecule has 0 aliphatic carbocycles. The second-order valence-electron chi connectivity index (χ2n) is 5.05. The van der Waals surface area contributed by atoms with Gasteiger partial charge in [-0.3, -0.25) is 9.59 Å². The van der Waals surface area contributed by atoms with Crippen molar-refractivity contribution in [3.8, 4) is 0 Å². The fraction of sp³-hybridized carbons (Fsp3) is 0.667. The van der Waals surface area contributed by atoms with Crippen LogP contribution in [0.1, 0.15) is 33.1 Å². The highest BCUT2D eigenvalue weighted by molar-refractivity contribution is 8.76. The molecular formula is C12H19NO5S2. The normalized spacial score (nSPS) is 34.5. The van der Waals surface area contributed by atoms with E-state index in [1.165, 1.54) is 6.92 Å². The van der Waals surface area contributed by atoms with E-state index in [4.69, 9.17) is 10.8 Å². The Morgan fingerprint density at radius 1 is 1.55 bits per heavy atom. The smallest absolute Gasteiger partial charge is 0.234 e. The first kappa shape index (κ1) is 17.4. The molecule has 1 aliphatic heterocycles. The molecule has 114 valence electrons. The molecule has 1 heterocycles. The number of carbonyl (C=O) groups excluding carboxylic acids is 2. The Morgan fingerprint density at radius 3 is 2.55 bits per heavy atom. The van der Waals surface area contributed by atoms with Crippen molar-refractivity contribution in [2.24, 2.45) is 5.73 Å². The molecule has 0 bridgehead atoms. The summed E-state index contributed by atoms with van der Waals surface area (Å²) in [6, 6.07) is 0. The number of hydrogen-bond donors (Lipinski definition) is 3. The highest BCUT2D eigenvalue weighted by Gasteiger charge is 2.63. The molecule has 1 aliphatic rings. The first-order chi connectivity index (χ1) is 9.17. The Morgan fingerprint density at radius 2 is 2.15 bits per heavy atom. The molecule has 1 saturated heterocycles. The Labute approximate surface area is 123 Å². The van der Waals surface area contributed by atoms with Crippen LogP contribution in [0.4, 0.5) is 0 Å². The van der Waals surface area contributed by atoms with Gasteiger partial charge in [-0.25, -0.2) is 4.21 Å². The third kappa shape index (κ3) is 3.13. The summed E-state index contributed by atoms with van der Waals surface area (Å²) in [6.07, 6.45) is 1.84. The van der Waals surface area contributed by atoms with E-state index in [1.807, 2.05) is 0 Å². The van der Waals surface area contributed by atoms with E-state index < -0.39 is 31.2 Å². The van der Waals surface area contributed by atoms with Crippen molar-refractivity contribution < 1.29 is 24.0 Å². The number of amides is 1. The van der Waals surface area contributed by atoms with Crippen LogP contribution in [0.2, 0.25) is 0 Å². The average Bonchev–Trinajstić information content (AvgIpc) is 2.48. The van der Waals surface area contributed by atoms with Crippen LogP contribution < -0.4 is 5.73 Å². The van der Waals surface area contributed by atoms with Crippen LogP contribution in [0.15, 0.2) is 11.6 Å². The molecule has 1 amide bonds. The monoisotopic (exact) mass is 321 g/mol. The number of nitrogens with two attached hydrogens (primary N) is 1. The van der Waals surface area contributed by atoms with Gasteiger partial charge in [-0.15, -0.1) is 0 Å². The van der Waals surface area contributed by atoms with E-state index in [2.05, 4.69) is 0 Å². The molecular weight excluding hydrogens is 302 g/mol. The van der Waals surface area contributed by atoms with Crippen molar-refractivity contribution in [2.75, 3.05) is 6.61 Å². The fourth-order valence-corrected chi connectivity index (χ4v) is 6.12. The molecule has 0 spiro atoms. The molecule has 6 nitrogen and oxygen atoms in total. The number of rotatable bonds is 6. The van der Waals surface area contributed by atoms with E-state index in [0.29, 0.717) is 17.2 Å².